The Morgan fingerprint density at radius 2 is 1.70 bits per heavy atom. The summed E-state index contributed by atoms with van der Waals surface area (Å²) in [4.78, 5) is 24.4. The van der Waals surface area contributed by atoms with E-state index in [-0.39, 0.29) is 5.69 Å². The highest BCUT2D eigenvalue weighted by atomic mass is 35.5. The Balaban J connectivity index is 2.22. The third-order valence-electron chi connectivity index (χ3n) is 3.58. The summed E-state index contributed by atoms with van der Waals surface area (Å²) in [5, 5.41) is -3.57. The normalized spacial score (nSPS) is 11.5. The molecule has 1 N–H and O–H groups in total. The molecule has 0 saturated heterocycles. The topological polar surface area (TPSA) is 49.4 Å². The van der Waals surface area contributed by atoms with Gasteiger partial charge in [0.15, 0.2) is 11.6 Å². The van der Waals surface area contributed by atoms with Crippen LogP contribution in [-0.4, -0.2) is 30.7 Å². The number of carbonyl (C=O) groups excluding carboxylic acids is 2. The molecule has 0 saturated carbocycles. The van der Waals surface area contributed by atoms with Gasteiger partial charge in [0.25, 0.3) is 5.91 Å². The van der Waals surface area contributed by atoms with E-state index < -0.39 is 67.5 Å². The maximum Gasteiger partial charge on any atom is 0.357 e. The highest BCUT2D eigenvalue weighted by Gasteiger charge is 2.43. The number of amides is 3. The number of halogens is 8. The second-order valence-electron chi connectivity index (χ2n) is 5.62. The van der Waals surface area contributed by atoms with Crippen LogP contribution >= 0.6 is 35.0 Å². The summed E-state index contributed by atoms with van der Waals surface area (Å²) in [5.74, 6) is -4.00. The van der Waals surface area contributed by atoms with Crippen LogP contribution < -0.4 is 10.2 Å². The van der Waals surface area contributed by atoms with E-state index >= 15 is 0 Å². The van der Waals surface area contributed by atoms with Crippen LogP contribution in [0.15, 0.2) is 35.2 Å². The first kappa shape index (κ1) is 24.2. The van der Waals surface area contributed by atoms with Gasteiger partial charge in [0.1, 0.15) is 0 Å². The Bertz CT molecular complexity index is 970. The third-order valence-corrected chi connectivity index (χ3v) is 5.50. The van der Waals surface area contributed by atoms with E-state index in [2.05, 4.69) is 0 Å². The minimum atomic E-state index is -4.46. The molecular weight excluding hydrogens is 481 g/mol. The van der Waals surface area contributed by atoms with Crippen LogP contribution in [0, 0.1) is 11.6 Å². The fraction of sp³-hybridized carbons (Fsp3) is 0.176. The van der Waals surface area contributed by atoms with Crippen molar-refractivity contribution in [3.63, 3.8) is 0 Å². The Hall–Kier alpha value is -2.11. The Morgan fingerprint density at radius 1 is 1.13 bits per heavy atom. The van der Waals surface area contributed by atoms with E-state index in [9.17, 15) is 35.9 Å². The molecule has 2 aromatic carbocycles. The van der Waals surface area contributed by atoms with Crippen LogP contribution in [0.3, 0.4) is 0 Å². The van der Waals surface area contributed by atoms with Crippen molar-refractivity contribution in [1.82, 2.24) is 5.32 Å². The molecule has 0 atom stereocenters. The fourth-order valence-corrected chi connectivity index (χ4v) is 3.44. The molecule has 0 aliphatic rings. The highest BCUT2D eigenvalue weighted by Crippen LogP contribution is 2.47. The molecule has 0 bridgehead atoms. The van der Waals surface area contributed by atoms with Gasteiger partial charge in [-0.2, -0.15) is 8.78 Å². The second kappa shape index (κ2) is 9.36. The number of hydrogen-bond acceptors (Lipinski definition) is 3. The van der Waals surface area contributed by atoms with Crippen molar-refractivity contribution >= 4 is 52.6 Å². The Morgan fingerprint density at radius 3 is 2.23 bits per heavy atom. The molecule has 2 aromatic rings. The van der Waals surface area contributed by atoms with Crippen molar-refractivity contribution in [2.24, 2.45) is 0 Å². The first-order valence-corrected chi connectivity index (χ1v) is 9.29. The number of imide groups is 1. The maximum atomic E-state index is 13.7. The molecule has 3 amide bonds. The van der Waals surface area contributed by atoms with Crippen molar-refractivity contribution in [1.29, 1.82) is 0 Å². The molecule has 0 fully saturated rings. The lowest BCUT2D eigenvalue weighted by molar-refractivity contribution is -0.0563. The summed E-state index contributed by atoms with van der Waals surface area (Å²) in [6.45, 7) is 0. The van der Waals surface area contributed by atoms with Gasteiger partial charge < -0.3 is 0 Å². The van der Waals surface area contributed by atoms with Crippen molar-refractivity contribution < 1.29 is 35.9 Å². The molecular formula is C17H10Cl2F6N2O2S. The summed E-state index contributed by atoms with van der Waals surface area (Å²) in [7, 11) is 1.13. The molecule has 0 aliphatic heterocycles. The zero-order valence-corrected chi connectivity index (χ0v) is 17.0. The van der Waals surface area contributed by atoms with E-state index in [1.54, 1.807) is 5.32 Å². The SMILES string of the molecule is CN(C(=O)NC(=O)c1cccc(F)c1F)c1cc(Cl)c(SC(F)(F)C(F)F)c(Cl)c1. The first-order valence-electron chi connectivity index (χ1n) is 7.72. The number of alkyl halides is 4. The van der Waals surface area contributed by atoms with Gasteiger partial charge in [-0.15, -0.1) is 0 Å². The van der Waals surface area contributed by atoms with E-state index in [1.165, 1.54) is 0 Å². The monoisotopic (exact) mass is 490 g/mol. The van der Waals surface area contributed by atoms with Gasteiger partial charge in [-0.1, -0.05) is 29.3 Å². The summed E-state index contributed by atoms with van der Waals surface area (Å²) < 4.78 is 78.2. The maximum absolute atomic E-state index is 13.7. The van der Waals surface area contributed by atoms with E-state index in [0.29, 0.717) is 0 Å². The quantitative estimate of drug-likeness (QED) is 0.400. The number of thioether (sulfide) groups is 1. The van der Waals surface area contributed by atoms with Crippen LogP contribution in [-0.2, 0) is 0 Å². The molecule has 0 radical (unpaired) electrons. The Labute approximate surface area is 180 Å². The van der Waals surface area contributed by atoms with Gasteiger partial charge in [-0.05, 0) is 36.0 Å². The molecule has 0 heterocycles. The van der Waals surface area contributed by atoms with Crippen molar-refractivity contribution in [3.8, 4) is 0 Å². The van der Waals surface area contributed by atoms with Gasteiger partial charge in [-0.25, -0.2) is 22.4 Å². The standard InChI is InChI=1S/C17H10Cl2F6N2O2S/c1-27(16(29)26-14(28)8-3-2-4-11(20)12(8)21)7-5-9(18)13(10(19)6-7)30-17(24,25)15(22)23/h2-6,15H,1H3,(H,26,28,29). The zero-order valence-electron chi connectivity index (χ0n) is 14.7. The molecule has 0 aliphatic carbocycles. The van der Waals surface area contributed by atoms with Crippen molar-refractivity contribution in [3.05, 3.63) is 57.6 Å². The summed E-state index contributed by atoms with van der Waals surface area (Å²) in [6.07, 6.45) is -3.98. The molecule has 0 spiro atoms. The number of urea groups is 1. The molecule has 0 aromatic heterocycles. The highest BCUT2D eigenvalue weighted by molar-refractivity contribution is 8.00. The van der Waals surface area contributed by atoms with Crippen LogP contribution in [0.25, 0.3) is 0 Å². The predicted octanol–water partition coefficient (Wildman–Crippen LogP) is 6.21. The van der Waals surface area contributed by atoms with E-state index in [0.717, 1.165) is 42.3 Å². The third kappa shape index (κ3) is 5.32. The molecule has 4 nitrogen and oxygen atoms in total. The van der Waals surface area contributed by atoms with E-state index in [4.69, 9.17) is 23.2 Å². The van der Waals surface area contributed by atoms with Crippen molar-refractivity contribution in [2.45, 2.75) is 16.6 Å². The average Bonchev–Trinajstić information content (AvgIpc) is 2.65. The zero-order chi connectivity index (χ0) is 22.8. The minimum absolute atomic E-state index is 0.0975. The second-order valence-corrected chi connectivity index (χ2v) is 7.59. The van der Waals surface area contributed by atoms with Crippen molar-refractivity contribution in [2.75, 3.05) is 11.9 Å². The Kier molecular flexibility index (Phi) is 7.54. The van der Waals surface area contributed by atoms with E-state index in [1.807, 2.05) is 0 Å². The fourth-order valence-electron chi connectivity index (χ4n) is 2.06. The largest absolute Gasteiger partial charge is 0.357 e. The lowest BCUT2D eigenvalue weighted by atomic mass is 10.2. The van der Waals surface area contributed by atoms with Gasteiger partial charge >= 0.3 is 17.7 Å². The lowest BCUT2D eigenvalue weighted by Crippen LogP contribution is -2.41. The molecule has 30 heavy (non-hydrogen) atoms. The minimum Gasteiger partial charge on any atom is -0.297 e. The summed E-state index contributed by atoms with van der Waals surface area (Å²) in [5.41, 5.74) is -0.825. The van der Waals surface area contributed by atoms with Crippen LogP contribution in [0.5, 0.6) is 0 Å². The lowest BCUT2D eigenvalue weighted by Gasteiger charge is -2.21. The smallest absolute Gasteiger partial charge is 0.297 e. The molecule has 0 unspecified atom stereocenters. The van der Waals surface area contributed by atoms with Crippen LogP contribution in [0.4, 0.5) is 36.8 Å². The molecule has 13 heteroatoms. The average molecular weight is 491 g/mol. The van der Waals surface area contributed by atoms with Gasteiger partial charge in [-0.3, -0.25) is 15.0 Å². The van der Waals surface area contributed by atoms with Crippen LogP contribution in [0.1, 0.15) is 10.4 Å². The van der Waals surface area contributed by atoms with Crippen LogP contribution in [0.2, 0.25) is 10.0 Å². The number of rotatable bonds is 5. The number of anilines is 1. The number of hydrogen-bond donors (Lipinski definition) is 1. The molecule has 2 rings (SSSR count). The number of nitrogens with zero attached hydrogens (tertiary/aromatic N) is 1. The first-order chi connectivity index (χ1) is 13.8. The number of benzene rings is 2. The predicted molar refractivity (Wildman–Crippen MR) is 101 cm³/mol. The van der Waals surface area contributed by atoms with Gasteiger partial charge in [0.2, 0.25) is 0 Å². The molecule has 162 valence electrons. The van der Waals surface area contributed by atoms with Gasteiger partial charge in [0, 0.05) is 12.7 Å². The number of nitrogens with one attached hydrogen (secondary N) is 1. The van der Waals surface area contributed by atoms with Gasteiger partial charge in [0.05, 0.1) is 20.5 Å². The number of carbonyl (C=O) groups is 2. The summed E-state index contributed by atoms with van der Waals surface area (Å²) >= 11 is 11.1. The summed E-state index contributed by atoms with van der Waals surface area (Å²) in [6, 6.07) is 3.63.